The predicted molar refractivity (Wildman–Crippen MR) is 79.7 cm³/mol. The minimum atomic E-state index is 0.620. The van der Waals surface area contributed by atoms with E-state index >= 15 is 0 Å². The molecule has 0 aliphatic rings. The molecule has 108 valence electrons. The van der Waals surface area contributed by atoms with Gasteiger partial charge in [0.2, 0.25) is 0 Å². The predicted octanol–water partition coefficient (Wildman–Crippen LogP) is 3.38. The van der Waals surface area contributed by atoms with Crippen LogP contribution < -0.4 is 10.1 Å². The Morgan fingerprint density at radius 1 is 1.00 bits per heavy atom. The second kappa shape index (κ2) is 10.8. The van der Waals surface area contributed by atoms with Gasteiger partial charge in [0.1, 0.15) is 12.4 Å². The van der Waals surface area contributed by atoms with Gasteiger partial charge in [0.05, 0.1) is 6.61 Å². The number of ether oxygens (including phenoxy) is 2. The van der Waals surface area contributed by atoms with E-state index in [1.54, 1.807) is 0 Å². The zero-order valence-corrected chi connectivity index (χ0v) is 12.3. The molecular weight excluding hydrogens is 238 g/mol. The molecule has 0 bridgehead atoms. The van der Waals surface area contributed by atoms with E-state index in [1.807, 2.05) is 18.2 Å². The smallest absolute Gasteiger partial charge is 0.123 e. The first kappa shape index (κ1) is 16.0. The molecule has 1 aromatic rings. The molecule has 0 spiro atoms. The van der Waals surface area contributed by atoms with Crippen molar-refractivity contribution in [3.8, 4) is 5.75 Å². The highest BCUT2D eigenvalue weighted by Crippen LogP contribution is 2.17. The van der Waals surface area contributed by atoms with Gasteiger partial charge in [-0.25, -0.2) is 0 Å². The summed E-state index contributed by atoms with van der Waals surface area (Å²) in [7, 11) is 0. The summed E-state index contributed by atoms with van der Waals surface area (Å²) in [4.78, 5) is 0. The first-order valence-corrected chi connectivity index (χ1v) is 7.37. The standard InChI is InChI=1S/C16H27NO2/c1-3-5-8-11-18-12-13-19-16-10-7-6-9-15(16)14-17-4-2/h6-7,9-10,17H,3-5,8,11-14H2,1-2H3. The lowest BCUT2D eigenvalue weighted by atomic mass is 10.2. The maximum atomic E-state index is 5.78. The summed E-state index contributed by atoms with van der Waals surface area (Å²) in [6, 6.07) is 8.16. The summed E-state index contributed by atoms with van der Waals surface area (Å²) in [5.41, 5.74) is 1.20. The van der Waals surface area contributed by atoms with Gasteiger partial charge in [-0.3, -0.25) is 0 Å². The third-order valence-corrected chi connectivity index (χ3v) is 2.92. The molecule has 0 atom stereocenters. The van der Waals surface area contributed by atoms with Crippen LogP contribution in [0.3, 0.4) is 0 Å². The average Bonchev–Trinajstić information content (AvgIpc) is 2.45. The van der Waals surface area contributed by atoms with Gasteiger partial charge < -0.3 is 14.8 Å². The van der Waals surface area contributed by atoms with Crippen LogP contribution >= 0.6 is 0 Å². The maximum absolute atomic E-state index is 5.78. The van der Waals surface area contributed by atoms with Crippen molar-refractivity contribution in [2.45, 2.75) is 39.7 Å². The molecule has 0 heterocycles. The number of unbranched alkanes of at least 4 members (excludes halogenated alkanes) is 2. The Morgan fingerprint density at radius 3 is 2.63 bits per heavy atom. The molecule has 0 aromatic heterocycles. The normalized spacial score (nSPS) is 10.6. The fourth-order valence-corrected chi connectivity index (χ4v) is 1.82. The second-order valence-electron chi connectivity index (χ2n) is 4.56. The summed E-state index contributed by atoms with van der Waals surface area (Å²) in [6.07, 6.45) is 3.62. The van der Waals surface area contributed by atoms with Gasteiger partial charge in [-0.05, 0) is 19.0 Å². The quantitative estimate of drug-likeness (QED) is 0.622. The highest BCUT2D eigenvalue weighted by molar-refractivity contribution is 5.33. The zero-order valence-electron chi connectivity index (χ0n) is 12.3. The van der Waals surface area contributed by atoms with Crippen LogP contribution in [-0.2, 0) is 11.3 Å². The van der Waals surface area contributed by atoms with Crippen LogP contribution in [0.25, 0.3) is 0 Å². The Bertz CT molecular complexity index is 328. The third-order valence-electron chi connectivity index (χ3n) is 2.92. The molecule has 0 amide bonds. The van der Waals surface area contributed by atoms with Crippen LogP contribution in [-0.4, -0.2) is 26.4 Å². The third kappa shape index (κ3) is 7.19. The van der Waals surface area contributed by atoms with E-state index in [1.165, 1.54) is 18.4 Å². The van der Waals surface area contributed by atoms with Crippen molar-refractivity contribution < 1.29 is 9.47 Å². The summed E-state index contributed by atoms with van der Waals surface area (Å²) in [5.74, 6) is 0.959. The molecule has 1 rings (SSSR count). The molecule has 1 N–H and O–H groups in total. The van der Waals surface area contributed by atoms with Crippen LogP contribution in [0.15, 0.2) is 24.3 Å². The first-order chi connectivity index (χ1) is 9.38. The van der Waals surface area contributed by atoms with Gasteiger partial charge >= 0.3 is 0 Å². The Labute approximate surface area is 117 Å². The van der Waals surface area contributed by atoms with Crippen LogP contribution in [0.5, 0.6) is 5.75 Å². The number of para-hydroxylation sites is 1. The summed E-state index contributed by atoms with van der Waals surface area (Å²) in [5, 5.41) is 3.32. The second-order valence-corrected chi connectivity index (χ2v) is 4.56. The Morgan fingerprint density at radius 2 is 1.84 bits per heavy atom. The van der Waals surface area contributed by atoms with E-state index in [2.05, 4.69) is 25.2 Å². The molecule has 3 heteroatoms. The minimum absolute atomic E-state index is 0.620. The fourth-order valence-electron chi connectivity index (χ4n) is 1.82. The van der Waals surface area contributed by atoms with E-state index in [0.717, 1.165) is 31.9 Å². The van der Waals surface area contributed by atoms with Crippen molar-refractivity contribution in [1.82, 2.24) is 5.32 Å². The molecule has 0 aliphatic heterocycles. The highest BCUT2D eigenvalue weighted by atomic mass is 16.5. The van der Waals surface area contributed by atoms with Gasteiger partial charge in [-0.15, -0.1) is 0 Å². The molecular formula is C16H27NO2. The van der Waals surface area contributed by atoms with Crippen molar-refractivity contribution in [3.05, 3.63) is 29.8 Å². The summed E-state index contributed by atoms with van der Waals surface area (Å²) >= 11 is 0. The van der Waals surface area contributed by atoms with E-state index < -0.39 is 0 Å². The number of nitrogens with one attached hydrogen (secondary N) is 1. The van der Waals surface area contributed by atoms with Gasteiger partial charge in [0.25, 0.3) is 0 Å². The molecule has 0 saturated heterocycles. The minimum Gasteiger partial charge on any atom is -0.491 e. The number of benzene rings is 1. The molecule has 1 aromatic carbocycles. The Kier molecular flexibility index (Phi) is 9.11. The summed E-state index contributed by atoms with van der Waals surface area (Å²) < 4.78 is 11.3. The van der Waals surface area contributed by atoms with Crippen LogP contribution in [0.1, 0.15) is 38.7 Å². The van der Waals surface area contributed by atoms with Crippen LogP contribution in [0.4, 0.5) is 0 Å². The van der Waals surface area contributed by atoms with Gasteiger partial charge in [0.15, 0.2) is 0 Å². The summed E-state index contributed by atoms with van der Waals surface area (Å²) in [6.45, 7) is 8.25. The Hall–Kier alpha value is -1.06. The first-order valence-electron chi connectivity index (χ1n) is 7.37. The van der Waals surface area contributed by atoms with E-state index in [9.17, 15) is 0 Å². The number of hydrogen-bond donors (Lipinski definition) is 1. The van der Waals surface area contributed by atoms with E-state index in [4.69, 9.17) is 9.47 Å². The SMILES string of the molecule is CCCCCOCCOc1ccccc1CNCC. The lowest BCUT2D eigenvalue weighted by molar-refractivity contribution is 0.0970. The largest absolute Gasteiger partial charge is 0.491 e. The van der Waals surface area contributed by atoms with Gasteiger partial charge in [-0.1, -0.05) is 44.9 Å². The molecule has 0 aliphatic carbocycles. The molecule has 3 nitrogen and oxygen atoms in total. The Balaban J connectivity index is 2.21. The maximum Gasteiger partial charge on any atom is 0.123 e. The van der Waals surface area contributed by atoms with E-state index in [0.29, 0.717) is 13.2 Å². The van der Waals surface area contributed by atoms with Crippen LogP contribution in [0, 0.1) is 0 Å². The average molecular weight is 265 g/mol. The van der Waals surface area contributed by atoms with Crippen molar-refractivity contribution in [3.63, 3.8) is 0 Å². The number of hydrogen-bond acceptors (Lipinski definition) is 3. The van der Waals surface area contributed by atoms with Crippen molar-refractivity contribution in [2.24, 2.45) is 0 Å². The van der Waals surface area contributed by atoms with Crippen molar-refractivity contribution in [2.75, 3.05) is 26.4 Å². The van der Waals surface area contributed by atoms with Gasteiger partial charge in [-0.2, -0.15) is 0 Å². The van der Waals surface area contributed by atoms with Crippen LogP contribution in [0.2, 0.25) is 0 Å². The topological polar surface area (TPSA) is 30.5 Å². The van der Waals surface area contributed by atoms with E-state index in [-0.39, 0.29) is 0 Å². The molecule has 0 unspecified atom stereocenters. The highest BCUT2D eigenvalue weighted by Gasteiger charge is 2.01. The fraction of sp³-hybridized carbons (Fsp3) is 0.625. The molecule has 0 saturated carbocycles. The molecule has 19 heavy (non-hydrogen) atoms. The molecule has 0 radical (unpaired) electrons. The monoisotopic (exact) mass is 265 g/mol. The molecule has 0 fully saturated rings. The van der Waals surface area contributed by atoms with Crippen molar-refractivity contribution in [1.29, 1.82) is 0 Å². The lowest BCUT2D eigenvalue weighted by Gasteiger charge is -2.12. The van der Waals surface area contributed by atoms with Gasteiger partial charge in [0, 0.05) is 18.7 Å². The number of rotatable bonds is 11. The zero-order chi connectivity index (χ0) is 13.8. The lowest BCUT2D eigenvalue weighted by Crippen LogP contribution is -2.14. The van der Waals surface area contributed by atoms with Crippen molar-refractivity contribution >= 4 is 0 Å².